The minimum Gasteiger partial charge on any atom is -0.459 e. The molecular weight excluding hydrogens is 482 g/mol. The van der Waals surface area contributed by atoms with E-state index in [0.717, 1.165) is 25.7 Å². The Morgan fingerprint density at radius 2 is 1.43 bits per heavy atom. The van der Waals surface area contributed by atoms with E-state index in [1.165, 1.54) is 37.1 Å². The van der Waals surface area contributed by atoms with Crippen LogP contribution in [0.25, 0.3) is 0 Å². The highest BCUT2D eigenvalue weighted by molar-refractivity contribution is 5.91. The highest BCUT2D eigenvalue weighted by Crippen LogP contribution is 2.29. The summed E-state index contributed by atoms with van der Waals surface area (Å²) in [5, 5.41) is 3.04. The van der Waals surface area contributed by atoms with Crippen molar-refractivity contribution in [1.29, 1.82) is 0 Å². The van der Waals surface area contributed by atoms with Crippen molar-refractivity contribution in [1.82, 2.24) is 0 Å². The van der Waals surface area contributed by atoms with Gasteiger partial charge in [-0.2, -0.15) is 0 Å². The minimum absolute atomic E-state index is 0.00973. The predicted octanol–water partition coefficient (Wildman–Crippen LogP) is 5.78. The van der Waals surface area contributed by atoms with Gasteiger partial charge < -0.3 is 25.3 Å². The second-order valence-electron chi connectivity index (χ2n) is 9.58. The molecule has 7 nitrogen and oxygen atoms in total. The number of nitrogens with one attached hydrogen (secondary N) is 1. The van der Waals surface area contributed by atoms with Crippen LogP contribution in [0.15, 0.2) is 36.4 Å². The molecule has 2 aromatic rings. The van der Waals surface area contributed by atoms with Crippen LogP contribution in [-0.2, 0) is 14.3 Å². The molecule has 9 heteroatoms. The number of carbonyl (C=O) groups excluding carboxylic acids is 3. The Hall–Kier alpha value is -3.49. The average Bonchev–Trinajstić information content (AvgIpc) is 3.75. The van der Waals surface area contributed by atoms with Gasteiger partial charge in [-0.05, 0) is 83.6 Å². The van der Waals surface area contributed by atoms with Crippen molar-refractivity contribution in [2.75, 3.05) is 17.6 Å². The van der Waals surface area contributed by atoms with Gasteiger partial charge in [-0.15, -0.1) is 0 Å². The van der Waals surface area contributed by atoms with Gasteiger partial charge in [-0.3, -0.25) is 0 Å². The number of nitrogens with two attached hydrogens (primary N) is 1. The van der Waals surface area contributed by atoms with E-state index in [1.54, 1.807) is 39.8 Å². The number of ether oxygens (including phenoxy) is 2. The third-order valence-corrected chi connectivity index (χ3v) is 5.25. The van der Waals surface area contributed by atoms with Gasteiger partial charge in [-0.1, -0.05) is 12.1 Å². The van der Waals surface area contributed by atoms with Crippen LogP contribution in [0.1, 0.15) is 74.1 Å². The van der Waals surface area contributed by atoms with Crippen LogP contribution >= 0.6 is 0 Å². The van der Waals surface area contributed by atoms with Gasteiger partial charge in [0.25, 0.3) is 0 Å². The minimum atomic E-state index is -0.724. The normalized spacial score (nSPS) is 14.1. The van der Waals surface area contributed by atoms with E-state index in [-0.39, 0.29) is 29.0 Å². The maximum atomic E-state index is 14.1. The smallest absolute Gasteiger partial charge is 0.341 e. The molecule has 2 fully saturated rings. The Balaban J connectivity index is 0.000000224. The van der Waals surface area contributed by atoms with Gasteiger partial charge >= 0.3 is 11.9 Å². The molecule has 0 atom stereocenters. The fourth-order valence-corrected chi connectivity index (χ4v) is 2.90. The van der Waals surface area contributed by atoms with Crippen LogP contribution < -0.4 is 11.1 Å². The van der Waals surface area contributed by atoms with Crippen LogP contribution in [-0.4, -0.2) is 37.0 Å². The molecule has 2 saturated carbocycles. The van der Waals surface area contributed by atoms with Crippen molar-refractivity contribution < 1.29 is 32.6 Å². The van der Waals surface area contributed by atoms with Crippen LogP contribution in [0.3, 0.4) is 0 Å². The van der Waals surface area contributed by atoms with E-state index in [0.29, 0.717) is 17.5 Å². The number of esters is 2. The van der Waals surface area contributed by atoms with Crippen molar-refractivity contribution in [3.63, 3.8) is 0 Å². The molecular formula is C28H36F2N2O5. The molecule has 4 rings (SSSR count). The number of nitrogen functional groups attached to an aromatic ring is 1. The second kappa shape index (κ2) is 14.3. The quantitative estimate of drug-likeness (QED) is 0.259. The monoisotopic (exact) mass is 518 g/mol. The number of anilines is 2. The van der Waals surface area contributed by atoms with Crippen LogP contribution in [0.4, 0.5) is 20.2 Å². The molecule has 2 aromatic carbocycles. The molecule has 0 radical (unpaired) electrons. The lowest BCUT2D eigenvalue weighted by Gasteiger charge is -2.11. The molecule has 0 unspecified atom stereocenters. The Morgan fingerprint density at radius 3 is 1.86 bits per heavy atom. The number of halogens is 2. The van der Waals surface area contributed by atoms with Gasteiger partial charge in [0.15, 0.2) is 11.6 Å². The molecule has 0 spiro atoms. The summed E-state index contributed by atoms with van der Waals surface area (Å²) in [6.07, 6.45) is 5.18. The Kier molecular flexibility index (Phi) is 11.5. The fourth-order valence-electron chi connectivity index (χ4n) is 2.90. The molecule has 0 aromatic heterocycles. The van der Waals surface area contributed by atoms with Crippen molar-refractivity contribution >= 4 is 29.6 Å². The number of carbonyl (C=O) groups is 3. The molecule has 0 amide bonds. The number of benzene rings is 2. The van der Waals surface area contributed by atoms with Gasteiger partial charge in [0.1, 0.15) is 6.29 Å². The fraction of sp³-hybridized carbons (Fsp3) is 0.464. The molecule has 0 saturated heterocycles. The van der Waals surface area contributed by atoms with Crippen LogP contribution in [0, 0.1) is 23.5 Å². The first-order valence-corrected chi connectivity index (χ1v) is 12.5. The van der Waals surface area contributed by atoms with Gasteiger partial charge in [0.05, 0.1) is 34.7 Å². The molecule has 202 valence electrons. The molecule has 0 bridgehead atoms. The summed E-state index contributed by atoms with van der Waals surface area (Å²) in [5.74, 6) is -1.45. The summed E-state index contributed by atoms with van der Waals surface area (Å²) in [7, 11) is 0. The number of aldehydes is 1. The SMILES string of the molecule is CC(C)OC(=O)c1cccc(N)c1F.CC(C)OC(=O)c1cccc(NCC2CC2)c1F.O=CC1CC1. The number of rotatable bonds is 8. The lowest BCUT2D eigenvalue weighted by Crippen LogP contribution is -2.14. The molecule has 2 aliphatic rings. The average molecular weight is 519 g/mol. The van der Waals surface area contributed by atoms with Crippen molar-refractivity contribution in [2.45, 2.75) is 65.6 Å². The molecule has 2 aliphatic carbocycles. The summed E-state index contributed by atoms with van der Waals surface area (Å²) in [6, 6.07) is 8.99. The topological polar surface area (TPSA) is 108 Å². The van der Waals surface area contributed by atoms with Crippen molar-refractivity contribution in [3.05, 3.63) is 59.2 Å². The lowest BCUT2D eigenvalue weighted by atomic mass is 10.2. The largest absolute Gasteiger partial charge is 0.459 e. The van der Waals surface area contributed by atoms with E-state index >= 15 is 0 Å². The summed E-state index contributed by atoms with van der Waals surface area (Å²) in [5.41, 5.74) is 5.49. The zero-order chi connectivity index (χ0) is 27.5. The number of hydrogen-bond donors (Lipinski definition) is 2. The highest BCUT2D eigenvalue weighted by Gasteiger charge is 2.22. The van der Waals surface area contributed by atoms with Gasteiger partial charge in [0, 0.05) is 12.5 Å². The third kappa shape index (κ3) is 10.6. The summed E-state index contributed by atoms with van der Waals surface area (Å²) >= 11 is 0. The van der Waals surface area contributed by atoms with Gasteiger partial charge in [0.2, 0.25) is 0 Å². The van der Waals surface area contributed by atoms with E-state index in [1.807, 2.05) is 0 Å². The first-order valence-electron chi connectivity index (χ1n) is 12.5. The zero-order valence-electron chi connectivity index (χ0n) is 21.8. The van der Waals surface area contributed by atoms with Crippen molar-refractivity contribution in [2.24, 2.45) is 11.8 Å². The second-order valence-corrected chi connectivity index (χ2v) is 9.58. The first-order chi connectivity index (χ1) is 17.5. The van der Waals surface area contributed by atoms with Crippen LogP contribution in [0.5, 0.6) is 0 Å². The predicted molar refractivity (Wildman–Crippen MR) is 138 cm³/mol. The van der Waals surface area contributed by atoms with E-state index in [9.17, 15) is 23.2 Å². The first kappa shape index (κ1) is 29.7. The lowest BCUT2D eigenvalue weighted by molar-refractivity contribution is -0.108. The summed E-state index contributed by atoms with van der Waals surface area (Å²) in [4.78, 5) is 32.6. The maximum absolute atomic E-state index is 14.1. The van der Waals surface area contributed by atoms with Gasteiger partial charge in [-0.25, -0.2) is 18.4 Å². The molecule has 3 N–H and O–H groups in total. The highest BCUT2D eigenvalue weighted by atomic mass is 19.1. The Labute approximate surface area is 216 Å². The molecule has 37 heavy (non-hydrogen) atoms. The number of hydrogen-bond acceptors (Lipinski definition) is 7. The van der Waals surface area contributed by atoms with Crippen molar-refractivity contribution in [3.8, 4) is 0 Å². The standard InChI is InChI=1S/C14H18FNO2.C10H12FNO2.C4H6O/c1-9(2)18-14(17)11-4-3-5-12(13(11)15)16-8-10-6-7-10;1-6(2)14-10(13)7-4-3-5-8(12)9(7)11;5-3-4-1-2-4/h3-5,9-10,16H,6-8H2,1-2H3;3-6H,12H2,1-2H3;3-4H,1-2H2. The Bertz CT molecular complexity index is 1070. The van der Waals surface area contributed by atoms with E-state index in [2.05, 4.69) is 5.32 Å². The maximum Gasteiger partial charge on any atom is 0.341 e. The third-order valence-electron chi connectivity index (χ3n) is 5.25. The van der Waals surface area contributed by atoms with E-state index < -0.39 is 23.6 Å². The summed E-state index contributed by atoms with van der Waals surface area (Å²) < 4.78 is 37.2. The van der Waals surface area contributed by atoms with E-state index in [4.69, 9.17) is 15.2 Å². The van der Waals surface area contributed by atoms with Crippen LogP contribution in [0.2, 0.25) is 0 Å². The summed E-state index contributed by atoms with van der Waals surface area (Å²) in [6.45, 7) is 7.64. The Morgan fingerprint density at radius 1 is 0.919 bits per heavy atom. The molecule has 0 heterocycles. The zero-order valence-corrected chi connectivity index (χ0v) is 21.8. The molecule has 0 aliphatic heterocycles.